The van der Waals surface area contributed by atoms with Crippen LogP contribution >= 0.6 is 0 Å². The summed E-state index contributed by atoms with van der Waals surface area (Å²) in [7, 11) is 0. The smallest absolute Gasteiger partial charge is 0.254 e. The van der Waals surface area contributed by atoms with Gasteiger partial charge in [-0.1, -0.05) is 17.7 Å². The number of nitrogens with zero attached hydrogens (tertiary/aromatic N) is 1. The fourth-order valence-electron chi connectivity index (χ4n) is 2.23. The molecule has 4 heteroatoms. The molecule has 0 aliphatic carbocycles. The Bertz CT molecular complexity index is 482. The second kappa shape index (κ2) is 4.20. The van der Waals surface area contributed by atoms with Gasteiger partial charge >= 0.3 is 0 Å². The van der Waals surface area contributed by atoms with Crippen molar-refractivity contribution in [3.05, 3.63) is 29.3 Å². The zero-order chi connectivity index (χ0) is 12.6. The monoisotopic (exact) mass is 232 g/mol. The molecule has 2 rings (SSSR count). The third-order valence-corrected chi connectivity index (χ3v) is 2.96. The van der Waals surface area contributed by atoms with Gasteiger partial charge in [-0.25, -0.2) is 0 Å². The summed E-state index contributed by atoms with van der Waals surface area (Å²) >= 11 is 0. The maximum atomic E-state index is 12.2. The van der Waals surface area contributed by atoms with Crippen LogP contribution in [0.5, 0.6) is 0 Å². The molecule has 1 unspecified atom stereocenters. The molecule has 1 aliphatic rings. The van der Waals surface area contributed by atoms with Crippen molar-refractivity contribution < 1.29 is 9.59 Å². The Kier molecular flexibility index (Phi) is 2.88. The molecule has 0 bridgehead atoms. The summed E-state index contributed by atoms with van der Waals surface area (Å²) in [6.07, 6.45) is 0. The second-order valence-corrected chi connectivity index (χ2v) is 4.28. The number of carbonyl (C=O) groups excluding carboxylic acids is 2. The normalized spacial score (nSPS) is 18.2. The molecule has 0 radical (unpaired) electrons. The highest BCUT2D eigenvalue weighted by Gasteiger charge is 2.36. The average Bonchev–Trinajstić information content (AvgIpc) is 2.51. The lowest BCUT2D eigenvalue weighted by molar-refractivity contribution is -0.126. The topological polar surface area (TPSA) is 49.4 Å². The summed E-state index contributed by atoms with van der Waals surface area (Å²) in [4.78, 5) is 25.0. The van der Waals surface area contributed by atoms with Crippen LogP contribution in [0.2, 0.25) is 0 Å². The first-order valence-corrected chi connectivity index (χ1v) is 5.73. The van der Waals surface area contributed by atoms with Crippen LogP contribution in [0.1, 0.15) is 31.0 Å². The molecule has 4 nitrogen and oxygen atoms in total. The Morgan fingerprint density at radius 3 is 2.76 bits per heavy atom. The number of hydrogen-bond donors (Lipinski definition) is 1. The summed E-state index contributed by atoms with van der Waals surface area (Å²) in [5, 5.41) is 2.71. The van der Waals surface area contributed by atoms with Crippen molar-refractivity contribution in [1.29, 1.82) is 0 Å². The first kappa shape index (κ1) is 11.6. The zero-order valence-corrected chi connectivity index (χ0v) is 10.3. The molecule has 0 aromatic heterocycles. The predicted octanol–water partition coefficient (Wildman–Crippen LogP) is 1.54. The van der Waals surface area contributed by atoms with Crippen molar-refractivity contribution in [2.24, 2.45) is 0 Å². The van der Waals surface area contributed by atoms with Crippen LogP contribution in [0.15, 0.2) is 18.2 Å². The van der Waals surface area contributed by atoms with Gasteiger partial charge in [0.05, 0.1) is 0 Å². The van der Waals surface area contributed by atoms with E-state index in [0.29, 0.717) is 6.54 Å². The quantitative estimate of drug-likeness (QED) is 0.840. The Morgan fingerprint density at radius 2 is 2.18 bits per heavy atom. The molecule has 1 N–H and O–H groups in total. The van der Waals surface area contributed by atoms with Crippen LogP contribution in [-0.2, 0) is 9.59 Å². The number of hydrogen-bond acceptors (Lipinski definition) is 2. The molecule has 0 saturated carbocycles. The van der Waals surface area contributed by atoms with Crippen molar-refractivity contribution in [3.8, 4) is 0 Å². The Hall–Kier alpha value is -1.84. The van der Waals surface area contributed by atoms with E-state index in [0.717, 1.165) is 16.8 Å². The molecule has 1 heterocycles. The summed E-state index contributed by atoms with van der Waals surface area (Å²) in [5.74, 6) is -0.239. The highest BCUT2D eigenvalue weighted by molar-refractivity contribution is 6.06. The SMILES string of the molecule is CCN1C(=O)C(NC(C)=O)c2cc(C)ccc21. The molecule has 0 spiro atoms. The fourth-order valence-corrected chi connectivity index (χ4v) is 2.23. The Balaban J connectivity index is 2.47. The van der Waals surface area contributed by atoms with E-state index in [1.807, 2.05) is 32.0 Å². The van der Waals surface area contributed by atoms with Gasteiger partial charge in [0, 0.05) is 24.7 Å². The minimum Gasteiger partial charge on any atom is -0.341 e. The van der Waals surface area contributed by atoms with Crippen LogP contribution in [-0.4, -0.2) is 18.4 Å². The van der Waals surface area contributed by atoms with E-state index < -0.39 is 6.04 Å². The highest BCUT2D eigenvalue weighted by Crippen LogP contribution is 2.36. The van der Waals surface area contributed by atoms with Crippen molar-refractivity contribution in [3.63, 3.8) is 0 Å². The van der Waals surface area contributed by atoms with Crippen molar-refractivity contribution in [2.75, 3.05) is 11.4 Å². The lowest BCUT2D eigenvalue weighted by Crippen LogP contribution is -2.36. The minimum absolute atomic E-state index is 0.0525. The van der Waals surface area contributed by atoms with Gasteiger partial charge in [-0.15, -0.1) is 0 Å². The van der Waals surface area contributed by atoms with Gasteiger partial charge in [-0.2, -0.15) is 0 Å². The standard InChI is InChI=1S/C13H16N2O2/c1-4-15-11-6-5-8(2)7-10(11)12(13(15)17)14-9(3)16/h5-7,12H,4H2,1-3H3,(H,14,16). The fraction of sp³-hybridized carbons (Fsp3) is 0.385. The van der Waals surface area contributed by atoms with Crippen LogP contribution < -0.4 is 10.2 Å². The highest BCUT2D eigenvalue weighted by atomic mass is 16.2. The number of rotatable bonds is 2. The van der Waals surface area contributed by atoms with E-state index in [1.165, 1.54) is 6.92 Å². The van der Waals surface area contributed by atoms with E-state index in [-0.39, 0.29) is 11.8 Å². The maximum absolute atomic E-state index is 12.2. The molecule has 1 aliphatic heterocycles. The predicted molar refractivity (Wildman–Crippen MR) is 65.8 cm³/mol. The largest absolute Gasteiger partial charge is 0.341 e. The molecule has 0 saturated heterocycles. The molecule has 90 valence electrons. The van der Waals surface area contributed by atoms with E-state index >= 15 is 0 Å². The Morgan fingerprint density at radius 1 is 1.47 bits per heavy atom. The number of nitrogens with one attached hydrogen (secondary N) is 1. The average molecular weight is 232 g/mol. The van der Waals surface area contributed by atoms with Crippen LogP contribution in [0.25, 0.3) is 0 Å². The number of aryl methyl sites for hydroxylation is 1. The van der Waals surface area contributed by atoms with Crippen LogP contribution in [0, 0.1) is 6.92 Å². The summed E-state index contributed by atoms with van der Waals surface area (Å²) in [6.45, 7) is 5.95. The molecule has 1 aromatic carbocycles. The first-order chi connectivity index (χ1) is 8.04. The number of amides is 2. The van der Waals surface area contributed by atoms with Crippen LogP contribution in [0.4, 0.5) is 5.69 Å². The third-order valence-electron chi connectivity index (χ3n) is 2.96. The summed E-state index contributed by atoms with van der Waals surface area (Å²) < 4.78 is 0. The molecule has 17 heavy (non-hydrogen) atoms. The van der Waals surface area contributed by atoms with Gasteiger partial charge in [-0.05, 0) is 19.9 Å². The molecular formula is C13H16N2O2. The van der Waals surface area contributed by atoms with Crippen LogP contribution in [0.3, 0.4) is 0 Å². The van der Waals surface area contributed by atoms with Crippen molar-refractivity contribution in [1.82, 2.24) is 5.32 Å². The van der Waals surface area contributed by atoms with Crippen molar-refractivity contribution >= 4 is 17.5 Å². The lowest BCUT2D eigenvalue weighted by atomic mass is 10.1. The Labute approximate surface area is 101 Å². The number of anilines is 1. The van der Waals surface area contributed by atoms with E-state index in [1.54, 1.807) is 4.90 Å². The number of benzene rings is 1. The molecule has 2 amide bonds. The van der Waals surface area contributed by atoms with Crippen molar-refractivity contribution in [2.45, 2.75) is 26.8 Å². The van der Waals surface area contributed by atoms with Gasteiger partial charge in [-0.3, -0.25) is 9.59 Å². The van der Waals surface area contributed by atoms with Gasteiger partial charge in [0.25, 0.3) is 5.91 Å². The minimum atomic E-state index is -0.526. The lowest BCUT2D eigenvalue weighted by Gasteiger charge is -2.15. The molecule has 1 atom stereocenters. The van der Waals surface area contributed by atoms with E-state index in [4.69, 9.17) is 0 Å². The van der Waals surface area contributed by atoms with E-state index in [2.05, 4.69) is 5.32 Å². The zero-order valence-electron chi connectivity index (χ0n) is 10.3. The number of fused-ring (bicyclic) bond motifs is 1. The summed E-state index contributed by atoms with van der Waals surface area (Å²) in [6, 6.07) is 5.35. The number of likely N-dealkylation sites (N-methyl/N-ethyl adjacent to an activating group) is 1. The van der Waals surface area contributed by atoms with Gasteiger partial charge in [0.2, 0.25) is 5.91 Å². The summed E-state index contributed by atoms with van der Waals surface area (Å²) in [5.41, 5.74) is 2.89. The van der Waals surface area contributed by atoms with Gasteiger partial charge in [0.15, 0.2) is 0 Å². The maximum Gasteiger partial charge on any atom is 0.254 e. The van der Waals surface area contributed by atoms with Gasteiger partial charge in [0.1, 0.15) is 6.04 Å². The second-order valence-electron chi connectivity index (χ2n) is 4.28. The van der Waals surface area contributed by atoms with E-state index in [9.17, 15) is 9.59 Å². The molecule has 1 aromatic rings. The first-order valence-electron chi connectivity index (χ1n) is 5.73. The van der Waals surface area contributed by atoms with Gasteiger partial charge < -0.3 is 10.2 Å². The number of carbonyl (C=O) groups is 2. The molecule has 0 fully saturated rings. The third kappa shape index (κ3) is 1.90. The molecular weight excluding hydrogens is 216 g/mol.